The maximum absolute atomic E-state index is 11.0. The number of methoxy groups -OCH3 is 2. The second-order valence-corrected chi connectivity index (χ2v) is 17.4. The Hall–Kier alpha value is -5.74. The molecular formula is C46H46LiN8NaO12S2. The first kappa shape index (κ1) is 58.6. The van der Waals surface area contributed by atoms with Gasteiger partial charge in [-0.05, 0) is 148 Å². The molecule has 0 aliphatic rings. The number of aryl methyl sites for hydroxylation is 2. The van der Waals surface area contributed by atoms with E-state index in [-0.39, 0.29) is 71.4 Å². The minimum atomic E-state index is -4.51. The molecule has 6 aromatic rings. The number of nitrogens with zero attached hydrogens (tertiary/aromatic N) is 8. The zero-order chi connectivity index (χ0) is 49.4. The monoisotopic (exact) mass is 996 g/mol. The van der Waals surface area contributed by atoms with Crippen molar-refractivity contribution in [1.82, 2.24) is 0 Å². The van der Waals surface area contributed by atoms with Crippen LogP contribution in [-0.2, 0) is 20.2 Å². The largest absolute Gasteiger partial charge is 1.00 e. The first-order valence-electron chi connectivity index (χ1n) is 20.3. The maximum atomic E-state index is 11.0. The van der Waals surface area contributed by atoms with Gasteiger partial charge in [0.25, 0.3) is 0 Å². The van der Waals surface area contributed by atoms with Crippen LogP contribution < -0.4 is 67.4 Å². The van der Waals surface area contributed by atoms with Crippen LogP contribution in [0.3, 0.4) is 0 Å². The van der Waals surface area contributed by atoms with Gasteiger partial charge in [0, 0.05) is 12.1 Å². The van der Waals surface area contributed by atoms with E-state index >= 15 is 0 Å². The van der Waals surface area contributed by atoms with Crippen LogP contribution >= 0.6 is 0 Å². The molecular weight excluding hydrogens is 951 g/mol. The number of aliphatic hydroxyl groups is 2. The van der Waals surface area contributed by atoms with Gasteiger partial charge in [0.05, 0.1) is 70.3 Å². The summed E-state index contributed by atoms with van der Waals surface area (Å²) >= 11 is 0. The Labute approximate surface area is 439 Å². The van der Waals surface area contributed by atoms with Crippen molar-refractivity contribution in [3.63, 3.8) is 0 Å². The molecule has 0 radical (unpaired) electrons. The van der Waals surface area contributed by atoms with Crippen LogP contribution in [0.5, 0.6) is 23.0 Å². The molecule has 0 bridgehead atoms. The molecule has 0 amide bonds. The summed E-state index contributed by atoms with van der Waals surface area (Å²) in [5.74, 6) is 2.11. The number of rotatable bonds is 18. The van der Waals surface area contributed by atoms with Crippen LogP contribution in [0.2, 0.25) is 0 Å². The minimum Gasteiger partial charge on any atom is -0.744 e. The molecule has 0 unspecified atom stereocenters. The molecule has 0 fully saturated rings. The van der Waals surface area contributed by atoms with Crippen LogP contribution in [0.1, 0.15) is 25.0 Å². The maximum Gasteiger partial charge on any atom is 1.00 e. The van der Waals surface area contributed by atoms with Gasteiger partial charge in [-0.2, -0.15) is 30.7 Å². The van der Waals surface area contributed by atoms with Gasteiger partial charge >= 0.3 is 48.4 Å². The number of hydrogen-bond acceptors (Lipinski definition) is 20. The van der Waals surface area contributed by atoms with Gasteiger partial charge in [-0.25, -0.2) is 16.8 Å². The molecule has 0 heterocycles. The van der Waals surface area contributed by atoms with E-state index in [1.54, 1.807) is 86.6 Å². The summed E-state index contributed by atoms with van der Waals surface area (Å²) < 4.78 is 87.8. The number of aliphatic hydroxyl groups excluding tert-OH is 2. The van der Waals surface area contributed by atoms with Crippen LogP contribution in [0.4, 0.5) is 45.5 Å². The predicted octanol–water partition coefficient (Wildman–Crippen LogP) is 5.00. The molecule has 0 aliphatic heterocycles. The SMILES string of the molecule is COc1cc(N=Nc2ccc(S(=O)(=O)[O-])cc2)c(C)cc1N=Nc1ccc(OC[C@@H](C)O)cc1.COc1cc(N=Nc2ccc(S(=O)(=O)[O-])cc2)c(C)cc1N=Nc1ccc(OC[C@H](C)O)cc1.[Li+].[Na+]. The van der Waals surface area contributed by atoms with E-state index in [1.165, 1.54) is 62.8 Å². The Balaban J connectivity index is 0.000000360. The predicted molar refractivity (Wildman–Crippen MR) is 248 cm³/mol. The Kier molecular flexibility index (Phi) is 23.1. The van der Waals surface area contributed by atoms with E-state index < -0.39 is 32.4 Å². The average Bonchev–Trinajstić information content (AvgIpc) is 3.31. The quantitative estimate of drug-likeness (QED) is 0.0653. The molecule has 20 nitrogen and oxygen atoms in total. The summed E-state index contributed by atoms with van der Waals surface area (Å²) in [4.78, 5) is -0.665. The molecule has 24 heteroatoms. The molecule has 0 saturated heterocycles. The summed E-state index contributed by atoms with van der Waals surface area (Å²) in [6.45, 7) is 7.35. The Morgan fingerprint density at radius 1 is 0.471 bits per heavy atom. The molecule has 6 rings (SSSR count). The van der Waals surface area contributed by atoms with Crippen LogP contribution in [0.15, 0.2) is 172 Å². The third kappa shape index (κ3) is 18.5. The summed E-state index contributed by atoms with van der Waals surface area (Å²) in [7, 11) is -6.03. The summed E-state index contributed by atoms with van der Waals surface area (Å²) in [6, 6.07) is 31.0. The first-order valence-corrected chi connectivity index (χ1v) is 23.1. The molecule has 0 spiro atoms. The van der Waals surface area contributed by atoms with Gasteiger partial charge in [0.2, 0.25) is 0 Å². The van der Waals surface area contributed by atoms with E-state index in [9.17, 15) is 36.2 Å². The number of hydrogen-bond donors (Lipinski definition) is 2. The zero-order valence-electron chi connectivity index (χ0n) is 39.5. The number of azo groups is 4. The molecule has 0 aliphatic carbocycles. The third-order valence-electron chi connectivity index (χ3n) is 8.99. The van der Waals surface area contributed by atoms with Crippen molar-refractivity contribution in [2.45, 2.75) is 49.7 Å². The summed E-state index contributed by atoms with van der Waals surface area (Å²) in [5.41, 5.74) is 5.56. The van der Waals surface area contributed by atoms with Crippen molar-refractivity contribution < 1.29 is 104 Å². The van der Waals surface area contributed by atoms with E-state index in [0.717, 1.165) is 11.1 Å². The van der Waals surface area contributed by atoms with Crippen molar-refractivity contribution >= 4 is 65.7 Å². The fraction of sp³-hybridized carbons (Fsp3) is 0.217. The fourth-order valence-corrected chi connectivity index (χ4v) is 6.42. The zero-order valence-corrected chi connectivity index (χ0v) is 43.1. The smallest absolute Gasteiger partial charge is 0.744 e. The van der Waals surface area contributed by atoms with Gasteiger partial charge in [0.15, 0.2) is 0 Å². The fourth-order valence-electron chi connectivity index (χ4n) is 5.48. The molecule has 0 aromatic heterocycles. The normalized spacial score (nSPS) is 12.5. The van der Waals surface area contributed by atoms with Crippen molar-refractivity contribution in [1.29, 1.82) is 0 Å². The Bertz CT molecular complexity index is 2800. The number of ether oxygens (including phenoxy) is 4. The minimum absolute atomic E-state index is 0. The van der Waals surface area contributed by atoms with Gasteiger partial charge in [-0.3, -0.25) is 0 Å². The summed E-state index contributed by atoms with van der Waals surface area (Å²) in [5, 5.41) is 52.1. The Morgan fingerprint density at radius 3 is 1.00 bits per heavy atom. The second kappa shape index (κ2) is 27.6. The average molecular weight is 997 g/mol. The topological polar surface area (TPSA) is 291 Å². The first-order chi connectivity index (χ1) is 32.3. The van der Waals surface area contributed by atoms with E-state index in [1.807, 2.05) is 13.8 Å². The van der Waals surface area contributed by atoms with Crippen LogP contribution in [0, 0.1) is 13.8 Å². The Morgan fingerprint density at radius 2 is 0.743 bits per heavy atom. The third-order valence-corrected chi connectivity index (χ3v) is 10.7. The standard InChI is InChI=1S/2C23H24N4O6S.Li.Na/c2*1-15-12-22(27-25-17-4-8-19(9-5-17)33-14-16(2)28)23(32-3)13-21(15)26-24-18-6-10-20(11-7-18)34(29,30)31;;/h2*4-13,16,28H,14H2,1-3H3,(H,29,30,31);;/q;;2*+1/p-2/t2*16-;;/m10../s1. The second-order valence-electron chi connectivity index (χ2n) is 14.6. The number of benzene rings is 6. The van der Waals surface area contributed by atoms with E-state index in [0.29, 0.717) is 68.5 Å². The molecule has 70 heavy (non-hydrogen) atoms. The van der Waals surface area contributed by atoms with Crippen LogP contribution in [0.25, 0.3) is 0 Å². The van der Waals surface area contributed by atoms with E-state index in [2.05, 4.69) is 40.9 Å². The van der Waals surface area contributed by atoms with Gasteiger partial charge in [0.1, 0.15) is 67.8 Å². The van der Waals surface area contributed by atoms with Gasteiger partial charge in [-0.1, -0.05) is 0 Å². The van der Waals surface area contributed by atoms with Crippen molar-refractivity contribution in [3.05, 3.63) is 132 Å². The molecule has 2 atom stereocenters. The van der Waals surface area contributed by atoms with Crippen molar-refractivity contribution in [2.75, 3.05) is 27.4 Å². The molecule has 356 valence electrons. The van der Waals surface area contributed by atoms with Crippen molar-refractivity contribution in [3.8, 4) is 23.0 Å². The van der Waals surface area contributed by atoms with Gasteiger partial charge < -0.3 is 38.3 Å². The molecule has 0 saturated carbocycles. The molecule has 2 N–H and O–H groups in total. The van der Waals surface area contributed by atoms with Gasteiger partial charge in [-0.15, -0.1) is 10.2 Å². The molecule has 6 aromatic carbocycles. The van der Waals surface area contributed by atoms with Crippen LogP contribution in [-0.4, -0.2) is 75.8 Å². The van der Waals surface area contributed by atoms with Crippen molar-refractivity contribution in [2.24, 2.45) is 40.9 Å². The summed E-state index contributed by atoms with van der Waals surface area (Å²) in [6.07, 6.45) is -1.11. The van der Waals surface area contributed by atoms with E-state index in [4.69, 9.17) is 18.9 Å².